The molecule has 2 unspecified atom stereocenters. The zero-order valence-corrected chi connectivity index (χ0v) is 10.6. The normalized spacial score (nSPS) is 14.7. The lowest BCUT2D eigenvalue weighted by Gasteiger charge is -2.21. The number of hydrogen-bond acceptors (Lipinski definition) is 2. The van der Waals surface area contributed by atoms with Gasteiger partial charge < -0.3 is 10.1 Å². The van der Waals surface area contributed by atoms with E-state index in [2.05, 4.69) is 50.4 Å². The predicted molar refractivity (Wildman–Crippen MR) is 68.7 cm³/mol. The van der Waals surface area contributed by atoms with E-state index in [1.807, 2.05) is 6.07 Å². The van der Waals surface area contributed by atoms with E-state index in [0.29, 0.717) is 6.04 Å². The van der Waals surface area contributed by atoms with E-state index >= 15 is 0 Å². The van der Waals surface area contributed by atoms with Crippen molar-refractivity contribution in [3.05, 3.63) is 35.9 Å². The summed E-state index contributed by atoms with van der Waals surface area (Å²) in [6, 6.07) is 10.9. The Morgan fingerprint density at radius 1 is 1.19 bits per heavy atom. The molecular weight excluding hydrogens is 198 g/mol. The Morgan fingerprint density at radius 2 is 1.88 bits per heavy atom. The Morgan fingerprint density at radius 3 is 2.50 bits per heavy atom. The van der Waals surface area contributed by atoms with Gasteiger partial charge in [0.25, 0.3) is 0 Å². The molecule has 2 nitrogen and oxygen atoms in total. The molecule has 16 heavy (non-hydrogen) atoms. The summed E-state index contributed by atoms with van der Waals surface area (Å²) < 4.78 is 5.80. The van der Waals surface area contributed by atoms with Gasteiger partial charge in [0.2, 0.25) is 0 Å². The number of likely N-dealkylation sites (N-methyl/N-ethyl adjacent to an activating group) is 1. The van der Waals surface area contributed by atoms with Crippen LogP contribution in [0.15, 0.2) is 30.3 Å². The van der Waals surface area contributed by atoms with Gasteiger partial charge in [-0.15, -0.1) is 0 Å². The Hall–Kier alpha value is -0.860. The average Bonchev–Trinajstić information content (AvgIpc) is 2.30. The average molecular weight is 221 g/mol. The maximum atomic E-state index is 5.80. The van der Waals surface area contributed by atoms with Crippen LogP contribution in [0.1, 0.15) is 26.3 Å². The first-order valence-corrected chi connectivity index (χ1v) is 6.13. The summed E-state index contributed by atoms with van der Waals surface area (Å²) in [5, 5.41) is 3.37. The summed E-state index contributed by atoms with van der Waals surface area (Å²) in [6.07, 6.45) is 1.26. The van der Waals surface area contributed by atoms with Crippen LogP contribution in [-0.4, -0.2) is 25.3 Å². The second-order valence-corrected chi connectivity index (χ2v) is 4.16. The van der Waals surface area contributed by atoms with Gasteiger partial charge in [-0.1, -0.05) is 37.3 Å². The number of rotatable bonds is 7. The molecule has 1 N–H and O–H groups in total. The Balaban J connectivity index is 2.20. The van der Waals surface area contributed by atoms with Crippen molar-refractivity contribution in [3.8, 4) is 0 Å². The molecule has 2 atom stereocenters. The third-order valence-corrected chi connectivity index (χ3v) is 2.84. The number of ether oxygens (including phenoxy) is 1. The molecule has 0 bridgehead atoms. The minimum absolute atomic E-state index is 0.267. The van der Waals surface area contributed by atoms with Crippen LogP contribution < -0.4 is 5.32 Å². The second-order valence-electron chi connectivity index (χ2n) is 4.16. The van der Waals surface area contributed by atoms with E-state index < -0.39 is 0 Å². The van der Waals surface area contributed by atoms with Crippen LogP contribution in [0.3, 0.4) is 0 Å². The highest BCUT2D eigenvalue weighted by Gasteiger charge is 2.10. The quantitative estimate of drug-likeness (QED) is 0.764. The molecule has 0 radical (unpaired) electrons. The van der Waals surface area contributed by atoms with Gasteiger partial charge in [0, 0.05) is 6.04 Å². The van der Waals surface area contributed by atoms with E-state index in [9.17, 15) is 0 Å². The van der Waals surface area contributed by atoms with Crippen LogP contribution >= 0.6 is 0 Å². The van der Waals surface area contributed by atoms with E-state index in [-0.39, 0.29) is 6.10 Å². The highest BCUT2D eigenvalue weighted by Crippen LogP contribution is 2.03. The maximum Gasteiger partial charge on any atom is 0.0697 e. The van der Waals surface area contributed by atoms with E-state index in [4.69, 9.17) is 4.74 Å². The van der Waals surface area contributed by atoms with Crippen molar-refractivity contribution in [3.63, 3.8) is 0 Å². The first-order valence-electron chi connectivity index (χ1n) is 6.13. The lowest BCUT2D eigenvalue weighted by atomic mass is 10.1. The fourth-order valence-corrected chi connectivity index (χ4v) is 1.64. The molecule has 2 heteroatoms. The van der Waals surface area contributed by atoms with Gasteiger partial charge in [-0.2, -0.15) is 0 Å². The highest BCUT2D eigenvalue weighted by atomic mass is 16.5. The molecule has 0 aliphatic heterocycles. The molecule has 0 aliphatic rings. The molecule has 0 heterocycles. The van der Waals surface area contributed by atoms with Crippen LogP contribution in [0, 0.1) is 0 Å². The molecule has 1 aromatic carbocycles. The first kappa shape index (κ1) is 13.2. The number of hydrogen-bond donors (Lipinski definition) is 1. The monoisotopic (exact) mass is 221 g/mol. The first-order chi connectivity index (χ1) is 7.74. The van der Waals surface area contributed by atoms with Crippen molar-refractivity contribution >= 4 is 0 Å². The highest BCUT2D eigenvalue weighted by molar-refractivity contribution is 5.14. The summed E-state index contributed by atoms with van der Waals surface area (Å²) in [6.45, 7) is 8.19. The van der Waals surface area contributed by atoms with Gasteiger partial charge in [-0.3, -0.25) is 0 Å². The summed E-state index contributed by atoms with van der Waals surface area (Å²) in [5.41, 5.74) is 1.34. The van der Waals surface area contributed by atoms with E-state index in [1.54, 1.807) is 0 Å². The molecule has 0 amide bonds. The van der Waals surface area contributed by atoms with Crippen LogP contribution in [0.5, 0.6) is 0 Å². The van der Waals surface area contributed by atoms with Crippen LogP contribution in [-0.2, 0) is 11.2 Å². The van der Waals surface area contributed by atoms with Crippen molar-refractivity contribution < 1.29 is 4.74 Å². The molecular formula is C14H23NO. The standard InChI is InChI=1S/C14H23NO/c1-4-15-12(2)13(3)16-11-10-14-8-6-5-7-9-14/h5-9,12-13,15H,4,10-11H2,1-3H3. The van der Waals surface area contributed by atoms with Crippen LogP contribution in [0.2, 0.25) is 0 Å². The minimum atomic E-state index is 0.267. The van der Waals surface area contributed by atoms with Crippen LogP contribution in [0.4, 0.5) is 0 Å². The van der Waals surface area contributed by atoms with Gasteiger partial charge in [-0.25, -0.2) is 0 Å². The second kappa shape index (κ2) is 7.42. The summed E-state index contributed by atoms with van der Waals surface area (Å²) in [7, 11) is 0. The van der Waals surface area contributed by atoms with Gasteiger partial charge in [-0.05, 0) is 32.4 Å². The smallest absolute Gasteiger partial charge is 0.0697 e. The van der Waals surface area contributed by atoms with Crippen molar-refractivity contribution in [2.24, 2.45) is 0 Å². The molecule has 0 saturated carbocycles. The molecule has 90 valence electrons. The third-order valence-electron chi connectivity index (χ3n) is 2.84. The number of nitrogens with one attached hydrogen (secondary N) is 1. The molecule has 0 aliphatic carbocycles. The van der Waals surface area contributed by atoms with Gasteiger partial charge >= 0.3 is 0 Å². The van der Waals surface area contributed by atoms with Crippen LogP contribution in [0.25, 0.3) is 0 Å². The zero-order chi connectivity index (χ0) is 11.8. The SMILES string of the molecule is CCNC(C)C(C)OCCc1ccccc1. The molecule has 0 fully saturated rings. The zero-order valence-electron chi connectivity index (χ0n) is 10.6. The van der Waals surface area contributed by atoms with Gasteiger partial charge in [0.1, 0.15) is 0 Å². The van der Waals surface area contributed by atoms with E-state index in [1.165, 1.54) is 5.56 Å². The Bertz CT molecular complexity index is 273. The minimum Gasteiger partial charge on any atom is -0.377 e. The lowest BCUT2D eigenvalue weighted by molar-refractivity contribution is 0.0457. The molecule has 1 rings (SSSR count). The van der Waals surface area contributed by atoms with E-state index in [0.717, 1.165) is 19.6 Å². The van der Waals surface area contributed by atoms with Gasteiger partial charge in [0.15, 0.2) is 0 Å². The topological polar surface area (TPSA) is 21.3 Å². The molecule has 0 aromatic heterocycles. The molecule has 0 saturated heterocycles. The Kier molecular flexibility index (Phi) is 6.12. The summed E-state index contributed by atoms with van der Waals surface area (Å²) in [4.78, 5) is 0. The fourth-order valence-electron chi connectivity index (χ4n) is 1.64. The number of benzene rings is 1. The Labute approximate surface area is 99.0 Å². The largest absolute Gasteiger partial charge is 0.377 e. The summed E-state index contributed by atoms with van der Waals surface area (Å²) in [5.74, 6) is 0. The maximum absolute atomic E-state index is 5.80. The third kappa shape index (κ3) is 4.77. The fraction of sp³-hybridized carbons (Fsp3) is 0.571. The van der Waals surface area contributed by atoms with Crippen molar-refractivity contribution in [2.45, 2.75) is 39.3 Å². The molecule has 1 aromatic rings. The van der Waals surface area contributed by atoms with Crippen molar-refractivity contribution in [1.29, 1.82) is 0 Å². The van der Waals surface area contributed by atoms with Gasteiger partial charge in [0.05, 0.1) is 12.7 Å². The molecule has 0 spiro atoms. The summed E-state index contributed by atoms with van der Waals surface area (Å²) >= 11 is 0. The van der Waals surface area contributed by atoms with Crippen molar-refractivity contribution in [2.75, 3.05) is 13.2 Å². The predicted octanol–water partition coefficient (Wildman–Crippen LogP) is 2.63. The lowest BCUT2D eigenvalue weighted by Crippen LogP contribution is -2.37. The van der Waals surface area contributed by atoms with Crippen molar-refractivity contribution in [1.82, 2.24) is 5.32 Å².